The molecule has 2 N–H and O–H groups in total. The van der Waals surface area contributed by atoms with E-state index in [4.69, 9.17) is 18.9 Å². The number of nitrogens with one attached hydrogen (secondary N) is 2. The van der Waals surface area contributed by atoms with Crippen molar-refractivity contribution in [3.05, 3.63) is 36.2 Å². The van der Waals surface area contributed by atoms with Gasteiger partial charge in [0, 0.05) is 50.0 Å². The van der Waals surface area contributed by atoms with Crippen LogP contribution in [0.2, 0.25) is 0 Å². The molecule has 0 bridgehead atoms. The zero-order valence-corrected chi connectivity index (χ0v) is 16.0. The zero-order valence-electron chi connectivity index (χ0n) is 16.0. The average Bonchev–Trinajstić information content (AvgIpc) is 2.70. The van der Waals surface area contributed by atoms with Crippen LogP contribution in [0.3, 0.4) is 0 Å². The third-order valence-electron chi connectivity index (χ3n) is 3.76. The molecule has 0 saturated carbocycles. The molecule has 146 valence electrons. The number of ether oxygens (including phenoxy) is 4. The second-order valence-electron chi connectivity index (χ2n) is 5.57. The minimum Gasteiger partial charge on any atom is -0.493 e. The van der Waals surface area contributed by atoms with Gasteiger partial charge in [-0.05, 0) is 18.6 Å². The van der Waals surface area contributed by atoms with E-state index in [-0.39, 0.29) is 5.91 Å². The van der Waals surface area contributed by atoms with Gasteiger partial charge < -0.3 is 29.6 Å². The molecule has 0 spiro atoms. The molecule has 0 fully saturated rings. The summed E-state index contributed by atoms with van der Waals surface area (Å²) in [5, 5.41) is 6.03. The van der Waals surface area contributed by atoms with E-state index in [0.29, 0.717) is 41.8 Å². The van der Waals surface area contributed by atoms with Crippen molar-refractivity contribution in [3.63, 3.8) is 0 Å². The first-order chi connectivity index (χ1) is 13.1. The van der Waals surface area contributed by atoms with Crippen molar-refractivity contribution >= 4 is 17.3 Å². The van der Waals surface area contributed by atoms with Gasteiger partial charge in [-0.3, -0.25) is 9.78 Å². The van der Waals surface area contributed by atoms with Crippen molar-refractivity contribution in [3.8, 4) is 17.2 Å². The topological polar surface area (TPSA) is 90.9 Å². The summed E-state index contributed by atoms with van der Waals surface area (Å²) in [7, 11) is 6.29. The van der Waals surface area contributed by atoms with Crippen LogP contribution >= 0.6 is 0 Å². The number of anilines is 2. The third kappa shape index (κ3) is 5.49. The van der Waals surface area contributed by atoms with E-state index in [9.17, 15) is 4.79 Å². The Morgan fingerprint density at radius 2 is 1.70 bits per heavy atom. The lowest BCUT2D eigenvalue weighted by Gasteiger charge is -2.15. The highest BCUT2D eigenvalue weighted by Gasteiger charge is 2.14. The first kappa shape index (κ1) is 20.3. The van der Waals surface area contributed by atoms with E-state index in [0.717, 1.165) is 12.1 Å². The summed E-state index contributed by atoms with van der Waals surface area (Å²) in [5.41, 5.74) is 1.76. The van der Waals surface area contributed by atoms with Crippen LogP contribution in [0.5, 0.6) is 17.2 Å². The largest absolute Gasteiger partial charge is 0.493 e. The van der Waals surface area contributed by atoms with Crippen LogP contribution in [-0.4, -0.2) is 52.5 Å². The summed E-state index contributed by atoms with van der Waals surface area (Å²) in [6.45, 7) is 1.12. The molecule has 8 heteroatoms. The maximum absolute atomic E-state index is 12.2. The van der Waals surface area contributed by atoms with Gasteiger partial charge in [-0.25, -0.2) is 0 Å². The maximum Gasteiger partial charge on any atom is 0.269 e. The molecule has 2 aromatic rings. The second-order valence-corrected chi connectivity index (χ2v) is 5.57. The van der Waals surface area contributed by atoms with Gasteiger partial charge in [-0.15, -0.1) is 0 Å². The zero-order chi connectivity index (χ0) is 19.6. The van der Waals surface area contributed by atoms with Crippen molar-refractivity contribution in [2.24, 2.45) is 0 Å². The molecule has 1 aromatic carbocycles. The molecule has 1 amide bonds. The minimum atomic E-state index is -0.236. The molecule has 0 aliphatic heterocycles. The highest BCUT2D eigenvalue weighted by molar-refractivity contribution is 5.93. The standard InChI is InChI=1S/C19H25N3O5/c1-24-9-5-7-21-19(23)15-10-13(6-8-20-15)22-14-11-16(25-2)18(27-4)17(12-14)26-3/h6,8,10-12H,5,7,9H2,1-4H3,(H,20,22)(H,21,23). The van der Waals surface area contributed by atoms with Gasteiger partial charge in [0.05, 0.1) is 21.3 Å². The highest BCUT2D eigenvalue weighted by atomic mass is 16.5. The number of carbonyl (C=O) groups excluding carboxylic acids is 1. The van der Waals surface area contributed by atoms with Crippen LogP contribution in [0.25, 0.3) is 0 Å². The summed E-state index contributed by atoms with van der Waals surface area (Å²) in [6.07, 6.45) is 2.32. The smallest absolute Gasteiger partial charge is 0.269 e. The third-order valence-corrected chi connectivity index (χ3v) is 3.76. The molecular formula is C19H25N3O5. The minimum absolute atomic E-state index is 0.236. The molecule has 0 aliphatic carbocycles. The monoisotopic (exact) mass is 375 g/mol. The number of amides is 1. The first-order valence-electron chi connectivity index (χ1n) is 8.43. The predicted octanol–water partition coefficient (Wildman–Crippen LogP) is 2.62. The molecule has 0 aliphatic rings. The van der Waals surface area contributed by atoms with Gasteiger partial charge >= 0.3 is 0 Å². The van der Waals surface area contributed by atoms with Crippen LogP contribution in [0.1, 0.15) is 16.9 Å². The Morgan fingerprint density at radius 3 is 2.30 bits per heavy atom. The summed E-state index contributed by atoms with van der Waals surface area (Å²) < 4.78 is 21.0. The van der Waals surface area contributed by atoms with Gasteiger partial charge in [-0.1, -0.05) is 0 Å². The summed E-state index contributed by atoms with van der Waals surface area (Å²) in [4.78, 5) is 16.3. The number of methoxy groups -OCH3 is 4. The summed E-state index contributed by atoms with van der Waals surface area (Å²) >= 11 is 0. The van der Waals surface area contributed by atoms with Crippen LogP contribution in [0, 0.1) is 0 Å². The average molecular weight is 375 g/mol. The predicted molar refractivity (Wildman–Crippen MR) is 102 cm³/mol. The van der Waals surface area contributed by atoms with Crippen LogP contribution < -0.4 is 24.8 Å². The van der Waals surface area contributed by atoms with Crippen LogP contribution in [-0.2, 0) is 4.74 Å². The molecule has 0 atom stereocenters. The lowest BCUT2D eigenvalue weighted by atomic mass is 10.2. The molecule has 1 aromatic heterocycles. The van der Waals surface area contributed by atoms with E-state index in [1.807, 2.05) is 0 Å². The molecule has 0 unspecified atom stereocenters. The molecule has 0 saturated heterocycles. The Bertz CT molecular complexity index is 742. The SMILES string of the molecule is COCCCNC(=O)c1cc(Nc2cc(OC)c(OC)c(OC)c2)ccn1. The molecule has 0 radical (unpaired) electrons. The lowest BCUT2D eigenvalue weighted by Crippen LogP contribution is -2.26. The Labute approximate surface area is 158 Å². The van der Waals surface area contributed by atoms with Crippen LogP contribution in [0.15, 0.2) is 30.5 Å². The van der Waals surface area contributed by atoms with Gasteiger partial charge in [0.2, 0.25) is 5.75 Å². The van der Waals surface area contributed by atoms with Crippen molar-refractivity contribution in [2.75, 3.05) is 46.9 Å². The molecule has 27 heavy (non-hydrogen) atoms. The Morgan fingerprint density at radius 1 is 1.00 bits per heavy atom. The fourth-order valence-electron chi connectivity index (χ4n) is 2.46. The Kier molecular flexibility index (Phi) is 7.69. The number of carbonyl (C=O) groups is 1. The van der Waals surface area contributed by atoms with Gasteiger partial charge in [0.1, 0.15) is 5.69 Å². The Hall–Kier alpha value is -3.00. The van der Waals surface area contributed by atoms with Crippen molar-refractivity contribution in [1.29, 1.82) is 0 Å². The number of hydrogen-bond donors (Lipinski definition) is 2. The number of benzene rings is 1. The number of rotatable bonds is 10. The number of aromatic nitrogens is 1. The molecule has 8 nitrogen and oxygen atoms in total. The lowest BCUT2D eigenvalue weighted by molar-refractivity contribution is 0.0943. The quantitative estimate of drug-likeness (QED) is 0.617. The number of nitrogens with zero attached hydrogens (tertiary/aromatic N) is 1. The Balaban J connectivity index is 2.15. The fraction of sp³-hybridized carbons (Fsp3) is 0.368. The first-order valence-corrected chi connectivity index (χ1v) is 8.43. The fourth-order valence-corrected chi connectivity index (χ4v) is 2.46. The summed E-state index contributed by atoms with van der Waals surface area (Å²) in [5.74, 6) is 1.34. The number of hydrogen-bond acceptors (Lipinski definition) is 7. The van der Waals surface area contributed by atoms with Gasteiger partial charge in [0.25, 0.3) is 5.91 Å². The molecular weight excluding hydrogens is 350 g/mol. The van der Waals surface area contributed by atoms with Crippen molar-refractivity contribution in [1.82, 2.24) is 10.3 Å². The second kappa shape index (κ2) is 10.2. The van der Waals surface area contributed by atoms with E-state index in [1.165, 1.54) is 0 Å². The highest BCUT2D eigenvalue weighted by Crippen LogP contribution is 2.40. The normalized spacial score (nSPS) is 10.2. The molecule has 1 heterocycles. The van der Waals surface area contributed by atoms with E-state index >= 15 is 0 Å². The number of pyridine rings is 1. The van der Waals surface area contributed by atoms with Crippen molar-refractivity contribution in [2.45, 2.75) is 6.42 Å². The summed E-state index contributed by atoms with van der Waals surface area (Å²) in [6, 6.07) is 7.01. The maximum atomic E-state index is 12.2. The van der Waals surface area contributed by atoms with Gasteiger partial charge in [-0.2, -0.15) is 0 Å². The van der Waals surface area contributed by atoms with Gasteiger partial charge in [0.15, 0.2) is 11.5 Å². The van der Waals surface area contributed by atoms with E-state index in [1.54, 1.807) is 58.9 Å². The molecule has 2 rings (SSSR count). The van der Waals surface area contributed by atoms with Crippen LogP contribution in [0.4, 0.5) is 11.4 Å². The van der Waals surface area contributed by atoms with Crippen molar-refractivity contribution < 1.29 is 23.7 Å². The van der Waals surface area contributed by atoms with E-state index in [2.05, 4.69) is 15.6 Å². The van der Waals surface area contributed by atoms with E-state index < -0.39 is 0 Å².